The van der Waals surface area contributed by atoms with E-state index >= 15 is 0 Å². The highest BCUT2D eigenvalue weighted by Crippen LogP contribution is 2.43. The Bertz CT molecular complexity index is 328. The first-order chi connectivity index (χ1) is 6.29. The molecule has 1 aromatic carbocycles. The Balaban J connectivity index is 3.09. The summed E-state index contributed by atoms with van der Waals surface area (Å²) in [6.45, 7) is 1.51. The van der Waals surface area contributed by atoms with Gasteiger partial charge in [0.05, 0.1) is 0 Å². The molecule has 0 spiro atoms. The average molecular weight is 287 g/mol. The molecule has 78 valence electrons. The molecule has 0 heterocycles. The molecule has 1 rings (SSSR count). The summed E-state index contributed by atoms with van der Waals surface area (Å²) in [5.74, 6) is -0.0547. The fourth-order valence-electron chi connectivity index (χ4n) is 0.958. The van der Waals surface area contributed by atoms with Crippen LogP contribution in [0.25, 0.3) is 0 Å². The van der Waals surface area contributed by atoms with Gasteiger partial charge in [0.2, 0.25) is 0 Å². The van der Waals surface area contributed by atoms with E-state index in [1.165, 1.54) is 19.1 Å². The summed E-state index contributed by atoms with van der Waals surface area (Å²) in [6, 6.07) is 2.53. The summed E-state index contributed by atoms with van der Waals surface area (Å²) in [4.78, 5) is 0.0790. The van der Waals surface area contributed by atoms with Gasteiger partial charge in [-0.15, -0.1) is 0 Å². The van der Waals surface area contributed by atoms with Gasteiger partial charge in [-0.1, -0.05) is 0 Å². The van der Waals surface area contributed by atoms with Gasteiger partial charge in [-0.2, -0.15) is 13.2 Å². The molecule has 14 heavy (non-hydrogen) atoms. The fraction of sp³-hybridized carbons (Fsp3) is 0.250. The first kappa shape index (κ1) is 11.7. The number of aryl methyl sites for hydroxylation is 1. The Morgan fingerprint density at radius 2 is 1.93 bits per heavy atom. The van der Waals surface area contributed by atoms with Crippen molar-refractivity contribution in [3.63, 3.8) is 0 Å². The van der Waals surface area contributed by atoms with Crippen LogP contribution in [0.2, 0.25) is 0 Å². The van der Waals surface area contributed by atoms with Crippen LogP contribution in [0.4, 0.5) is 13.2 Å². The van der Waals surface area contributed by atoms with Crippen LogP contribution in [0, 0.1) is 6.92 Å². The number of benzene rings is 1. The first-order valence-electron chi connectivity index (χ1n) is 3.54. The minimum atomic E-state index is -4.32. The molecule has 0 atom stereocenters. The maximum atomic E-state index is 12.1. The highest BCUT2D eigenvalue weighted by atomic mass is 79.9. The second-order valence-corrected chi connectivity index (χ2v) is 4.55. The van der Waals surface area contributed by atoms with E-state index < -0.39 is 5.51 Å². The summed E-state index contributed by atoms with van der Waals surface area (Å²) >= 11 is 2.77. The molecule has 6 heteroatoms. The third-order valence-electron chi connectivity index (χ3n) is 1.43. The molecule has 1 nitrogen and oxygen atoms in total. The van der Waals surface area contributed by atoms with Crippen LogP contribution in [0.5, 0.6) is 5.75 Å². The zero-order chi connectivity index (χ0) is 10.9. The van der Waals surface area contributed by atoms with E-state index in [4.69, 9.17) is 5.11 Å². The fourth-order valence-corrected chi connectivity index (χ4v) is 2.36. The zero-order valence-electron chi connectivity index (χ0n) is 7.02. The lowest BCUT2D eigenvalue weighted by atomic mass is 10.2. The second-order valence-electron chi connectivity index (χ2n) is 2.62. The van der Waals surface area contributed by atoms with E-state index in [2.05, 4.69) is 15.9 Å². The quantitative estimate of drug-likeness (QED) is 0.785. The van der Waals surface area contributed by atoms with Crippen molar-refractivity contribution in [2.24, 2.45) is 0 Å². The van der Waals surface area contributed by atoms with Crippen LogP contribution in [-0.4, -0.2) is 10.6 Å². The Morgan fingerprint density at radius 1 is 1.36 bits per heavy atom. The number of aromatic hydroxyl groups is 1. The van der Waals surface area contributed by atoms with Gasteiger partial charge in [-0.05, 0) is 52.3 Å². The van der Waals surface area contributed by atoms with Crippen LogP contribution in [-0.2, 0) is 0 Å². The SMILES string of the molecule is Cc1cc(O)cc(Br)c1SC(F)(F)F. The molecule has 1 N–H and O–H groups in total. The Morgan fingerprint density at radius 3 is 2.36 bits per heavy atom. The van der Waals surface area contributed by atoms with Gasteiger partial charge in [0.1, 0.15) is 5.75 Å². The second kappa shape index (κ2) is 4.02. The molecule has 0 radical (unpaired) electrons. The van der Waals surface area contributed by atoms with Crippen molar-refractivity contribution >= 4 is 27.7 Å². The van der Waals surface area contributed by atoms with Gasteiger partial charge in [-0.3, -0.25) is 0 Å². The van der Waals surface area contributed by atoms with Crippen molar-refractivity contribution in [2.75, 3.05) is 0 Å². The minimum Gasteiger partial charge on any atom is -0.508 e. The molecule has 0 saturated carbocycles. The van der Waals surface area contributed by atoms with Crippen LogP contribution in [0.15, 0.2) is 21.5 Å². The maximum absolute atomic E-state index is 12.1. The number of thioether (sulfide) groups is 1. The molecule has 0 aliphatic rings. The van der Waals surface area contributed by atoms with E-state index in [0.717, 1.165) is 0 Å². The summed E-state index contributed by atoms with van der Waals surface area (Å²) < 4.78 is 36.5. The van der Waals surface area contributed by atoms with Crippen LogP contribution >= 0.6 is 27.7 Å². The largest absolute Gasteiger partial charge is 0.508 e. The monoisotopic (exact) mass is 286 g/mol. The molecule has 0 aliphatic heterocycles. The van der Waals surface area contributed by atoms with Crippen LogP contribution < -0.4 is 0 Å². The molecule has 0 aliphatic carbocycles. The number of rotatable bonds is 1. The number of hydrogen-bond donors (Lipinski definition) is 1. The van der Waals surface area contributed by atoms with Crippen LogP contribution in [0.3, 0.4) is 0 Å². The number of phenolic OH excluding ortho intramolecular Hbond substituents is 1. The van der Waals surface area contributed by atoms with Crippen molar-refractivity contribution in [2.45, 2.75) is 17.3 Å². The molecular weight excluding hydrogens is 281 g/mol. The molecule has 0 fully saturated rings. The van der Waals surface area contributed by atoms with Gasteiger partial charge in [-0.25, -0.2) is 0 Å². The third-order valence-corrected chi connectivity index (χ3v) is 3.30. The summed E-state index contributed by atoms with van der Waals surface area (Å²) in [5.41, 5.74) is -3.93. The lowest BCUT2D eigenvalue weighted by Gasteiger charge is -2.10. The average Bonchev–Trinajstić information content (AvgIpc) is 1.95. The van der Waals surface area contributed by atoms with Crippen molar-refractivity contribution in [1.29, 1.82) is 0 Å². The number of halogens is 4. The predicted molar refractivity (Wildman–Crippen MR) is 52.5 cm³/mol. The smallest absolute Gasteiger partial charge is 0.446 e. The van der Waals surface area contributed by atoms with Gasteiger partial charge >= 0.3 is 5.51 Å². The Hall–Kier alpha value is -0.360. The molecule has 0 amide bonds. The normalized spacial score (nSPS) is 11.8. The minimum absolute atomic E-state index is 0.0547. The van der Waals surface area contributed by atoms with Gasteiger partial charge < -0.3 is 5.11 Å². The van der Waals surface area contributed by atoms with E-state index in [1.807, 2.05) is 0 Å². The van der Waals surface area contributed by atoms with E-state index in [0.29, 0.717) is 5.56 Å². The molecule has 0 unspecified atom stereocenters. The van der Waals surface area contributed by atoms with Gasteiger partial charge in [0.25, 0.3) is 0 Å². The topological polar surface area (TPSA) is 20.2 Å². The van der Waals surface area contributed by atoms with Crippen molar-refractivity contribution in [3.8, 4) is 5.75 Å². The first-order valence-corrected chi connectivity index (χ1v) is 5.15. The number of alkyl halides is 3. The summed E-state index contributed by atoms with van der Waals surface area (Å²) in [7, 11) is 0. The van der Waals surface area contributed by atoms with Gasteiger partial charge in [0, 0.05) is 9.37 Å². The molecule has 1 aromatic rings. The lowest BCUT2D eigenvalue weighted by Crippen LogP contribution is -2.00. The Labute approximate surface area is 91.4 Å². The summed E-state index contributed by atoms with van der Waals surface area (Å²) in [5, 5.41) is 9.10. The highest BCUT2D eigenvalue weighted by molar-refractivity contribution is 9.10. The third kappa shape index (κ3) is 3.09. The molecular formula is C8H6BrF3OS. The van der Waals surface area contributed by atoms with Crippen molar-refractivity contribution in [1.82, 2.24) is 0 Å². The lowest BCUT2D eigenvalue weighted by molar-refractivity contribution is -0.0328. The van der Waals surface area contributed by atoms with Gasteiger partial charge in [0.15, 0.2) is 0 Å². The number of hydrogen-bond acceptors (Lipinski definition) is 2. The molecule has 0 saturated heterocycles. The zero-order valence-corrected chi connectivity index (χ0v) is 9.42. The number of phenols is 1. The Kier molecular flexibility index (Phi) is 3.36. The highest BCUT2D eigenvalue weighted by Gasteiger charge is 2.31. The van der Waals surface area contributed by atoms with Crippen molar-refractivity contribution in [3.05, 3.63) is 22.2 Å². The standard InChI is InChI=1S/C8H6BrF3OS/c1-4-2-5(13)3-6(9)7(4)14-8(10,11)12/h2-3,13H,1H3. The molecule has 0 bridgehead atoms. The maximum Gasteiger partial charge on any atom is 0.446 e. The van der Waals surface area contributed by atoms with E-state index in [-0.39, 0.29) is 26.9 Å². The van der Waals surface area contributed by atoms with E-state index in [1.54, 1.807) is 0 Å². The van der Waals surface area contributed by atoms with Crippen molar-refractivity contribution < 1.29 is 18.3 Å². The van der Waals surface area contributed by atoms with Crippen LogP contribution in [0.1, 0.15) is 5.56 Å². The molecule has 0 aromatic heterocycles. The van der Waals surface area contributed by atoms with E-state index in [9.17, 15) is 13.2 Å². The summed E-state index contributed by atoms with van der Waals surface area (Å²) in [6.07, 6.45) is 0. The predicted octanol–water partition coefficient (Wildman–Crippen LogP) is 4.08.